The van der Waals surface area contributed by atoms with Gasteiger partial charge in [0.25, 0.3) is 5.56 Å². The smallest absolute Gasteiger partial charge is 0.332 e. The summed E-state index contributed by atoms with van der Waals surface area (Å²) in [6.07, 6.45) is 5.58. The Balaban J connectivity index is 1.41. The fourth-order valence-electron chi connectivity index (χ4n) is 4.73. The van der Waals surface area contributed by atoms with Crippen LogP contribution in [0.5, 0.6) is 0 Å². The lowest BCUT2D eigenvalue weighted by Crippen LogP contribution is -2.30. The van der Waals surface area contributed by atoms with E-state index in [4.69, 9.17) is 26.2 Å². The van der Waals surface area contributed by atoms with Crippen LogP contribution in [-0.4, -0.2) is 39.5 Å². The summed E-state index contributed by atoms with van der Waals surface area (Å²) in [4.78, 5) is 29.0. The van der Waals surface area contributed by atoms with Crippen molar-refractivity contribution in [1.82, 2.24) is 14.8 Å². The summed E-state index contributed by atoms with van der Waals surface area (Å²) in [5.41, 5.74) is 2.58. The molecule has 1 aliphatic rings. The Morgan fingerprint density at radius 1 is 1.03 bits per heavy atom. The number of rotatable bonds is 8. The highest BCUT2D eigenvalue weighted by Gasteiger charge is 2.24. The van der Waals surface area contributed by atoms with Crippen LogP contribution in [0.2, 0.25) is 5.15 Å². The molecule has 0 saturated heterocycles. The summed E-state index contributed by atoms with van der Waals surface area (Å²) >= 11 is 6.13. The molecule has 4 rings (SSSR count). The predicted octanol–water partition coefficient (Wildman–Crippen LogP) is 5.79. The number of aromatic nitrogens is 3. The first-order valence-electron chi connectivity index (χ1n) is 12.8. The van der Waals surface area contributed by atoms with Crippen LogP contribution < -0.4 is 5.56 Å². The van der Waals surface area contributed by atoms with Gasteiger partial charge in [0, 0.05) is 29.9 Å². The van der Waals surface area contributed by atoms with Crippen LogP contribution in [-0.2, 0) is 20.8 Å². The molecule has 0 aliphatic heterocycles. The van der Waals surface area contributed by atoms with Gasteiger partial charge in [-0.25, -0.2) is 14.5 Å². The number of halogens is 1. The minimum atomic E-state index is -0.505. The molecule has 196 valence electrons. The molecule has 0 radical (unpaired) electrons. The van der Waals surface area contributed by atoms with Gasteiger partial charge in [0.15, 0.2) is 0 Å². The molecule has 0 atom stereocenters. The Morgan fingerprint density at radius 3 is 2.41 bits per heavy atom. The van der Waals surface area contributed by atoms with E-state index in [0.29, 0.717) is 30.1 Å². The zero-order valence-electron chi connectivity index (χ0n) is 21.7. The molecule has 0 unspecified atom stereocenters. The lowest BCUT2D eigenvalue weighted by Gasteiger charge is -2.28. The third-order valence-corrected chi connectivity index (χ3v) is 6.68. The van der Waals surface area contributed by atoms with E-state index in [1.54, 1.807) is 23.0 Å². The Bertz CT molecular complexity index is 1260. The van der Waals surface area contributed by atoms with Crippen molar-refractivity contribution < 1.29 is 14.3 Å². The number of hydrogen-bond donors (Lipinski definition) is 0. The minimum absolute atomic E-state index is 0.0200. The molecule has 0 spiro atoms. The van der Waals surface area contributed by atoms with Crippen molar-refractivity contribution in [2.75, 3.05) is 13.2 Å². The van der Waals surface area contributed by atoms with Gasteiger partial charge in [0.1, 0.15) is 17.4 Å². The van der Waals surface area contributed by atoms with E-state index in [1.807, 2.05) is 57.2 Å². The summed E-state index contributed by atoms with van der Waals surface area (Å²) < 4.78 is 12.5. The monoisotopic (exact) mass is 523 g/mol. The standard InChI is InChI=1S/C29H34ClN3O4/c1-29(2,3)37-27(35)19-36-18-21-11-9-20(10-12-21)17-33-26(34)16-24(23-13-14-31-25(30)15-23)28(32-33)22-7-5-4-6-8-22/h4-8,13-16,20-21H,9-12,17-19H2,1-3H3/t20-,21-. The van der Waals surface area contributed by atoms with E-state index in [9.17, 15) is 9.59 Å². The van der Waals surface area contributed by atoms with Gasteiger partial charge in [-0.15, -0.1) is 0 Å². The minimum Gasteiger partial charge on any atom is -0.458 e. The molecule has 7 nitrogen and oxygen atoms in total. The zero-order chi connectivity index (χ0) is 26.4. The lowest BCUT2D eigenvalue weighted by molar-refractivity contribution is -0.160. The van der Waals surface area contributed by atoms with E-state index in [0.717, 1.165) is 48.1 Å². The molecule has 2 heterocycles. The van der Waals surface area contributed by atoms with Gasteiger partial charge >= 0.3 is 5.97 Å². The molecule has 8 heteroatoms. The summed E-state index contributed by atoms with van der Waals surface area (Å²) in [6.45, 7) is 6.63. The quantitative estimate of drug-likeness (QED) is 0.274. The molecule has 1 saturated carbocycles. The van der Waals surface area contributed by atoms with Crippen LogP contribution in [0, 0.1) is 11.8 Å². The molecule has 1 aliphatic carbocycles. The number of esters is 1. The zero-order valence-corrected chi connectivity index (χ0v) is 22.4. The number of nitrogens with zero attached hydrogens (tertiary/aromatic N) is 3. The normalized spacial score (nSPS) is 17.9. The Kier molecular flexibility index (Phi) is 8.77. The van der Waals surface area contributed by atoms with E-state index in [1.165, 1.54) is 0 Å². The Hall–Kier alpha value is -3.03. The first-order chi connectivity index (χ1) is 17.7. The lowest BCUT2D eigenvalue weighted by atomic mass is 9.82. The van der Waals surface area contributed by atoms with Crippen molar-refractivity contribution in [3.05, 3.63) is 70.2 Å². The van der Waals surface area contributed by atoms with Gasteiger partial charge in [-0.2, -0.15) is 5.10 Å². The first-order valence-corrected chi connectivity index (χ1v) is 13.1. The third kappa shape index (κ3) is 7.73. The van der Waals surface area contributed by atoms with Crippen molar-refractivity contribution >= 4 is 17.6 Å². The van der Waals surface area contributed by atoms with Crippen LogP contribution in [0.4, 0.5) is 0 Å². The van der Waals surface area contributed by atoms with Crippen LogP contribution >= 0.6 is 11.6 Å². The molecule has 2 aromatic heterocycles. The van der Waals surface area contributed by atoms with E-state index in [-0.39, 0.29) is 18.1 Å². The third-order valence-electron chi connectivity index (χ3n) is 6.47. The SMILES string of the molecule is CC(C)(C)OC(=O)COC[C@H]1CC[C@H](Cn2nc(-c3ccccc3)c(-c3ccnc(Cl)c3)cc2=O)CC1. The molecule has 1 fully saturated rings. The largest absolute Gasteiger partial charge is 0.458 e. The Morgan fingerprint density at radius 2 is 1.73 bits per heavy atom. The van der Waals surface area contributed by atoms with Crippen molar-refractivity contribution in [1.29, 1.82) is 0 Å². The molecule has 3 aromatic rings. The highest BCUT2D eigenvalue weighted by atomic mass is 35.5. The summed E-state index contributed by atoms with van der Waals surface area (Å²) in [5, 5.41) is 5.19. The van der Waals surface area contributed by atoms with Gasteiger partial charge < -0.3 is 9.47 Å². The van der Waals surface area contributed by atoms with E-state index >= 15 is 0 Å². The first kappa shape index (κ1) is 27.0. The van der Waals surface area contributed by atoms with Gasteiger partial charge in [-0.05, 0) is 76.0 Å². The van der Waals surface area contributed by atoms with Crippen molar-refractivity contribution in [2.45, 2.75) is 58.6 Å². The maximum absolute atomic E-state index is 13.1. The van der Waals surface area contributed by atoms with Crippen LogP contribution in [0.1, 0.15) is 46.5 Å². The number of carbonyl (C=O) groups excluding carboxylic acids is 1. The maximum Gasteiger partial charge on any atom is 0.332 e. The van der Waals surface area contributed by atoms with Gasteiger partial charge in [-0.3, -0.25) is 4.79 Å². The highest BCUT2D eigenvalue weighted by molar-refractivity contribution is 6.29. The summed E-state index contributed by atoms with van der Waals surface area (Å²) in [5.74, 6) is 0.428. The van der Waals surface area contributed by atoms with Crippen LogP contribution in [0.3, 0.4) is 0 Å². The fraction of sp³-hybridized carbons (Fsp3) is 0.448. The average molecular weight is 524 g/mol. The van der Waals surface area contributed by atoms with Crippen LogP contribution in [0.15, 0.2) is 59.5 Å². The highest BCUT2D eigenvalue weighted by Crippen LogP contribution is 2.32. The molecule has 37 heavy (non-hydrogen) atoms. The molecular weight excluding hydrogens is 490 g/mol. The number of ether oxygens (including phenoxy) is 2. The predicted molar refractivity (Wildman–Crippen MR) is 144 cm³/mol. The molecular formula is C29H34ClN3O4. The Labute approximate surface area is 222 Å². The summed E-state index contributed by atoms with van der Waals surface area (Å²) in [7, 11) is 0. The van der Waals surface area contributed by atoms with Crippen molar-refractivity contribution in [3.8, 4) is 22.4 Å². The number of benzene rings is 1. The number of carbonyl (C=O) groups is 1. The van der Waals surface area contributed by atoms with Gasteiger partial charge in [0.05, 0.1) is 12.3 Å². The summed E-state index contributed by atoms with van der Waals surface area (Å²) in [6, 6.07) is 15.1. The molecule has 0 bridgehead atoms. The van der Waals surface area contributed by atoms with Crippen LogP contribution in [0.25, 0.3) is 22.4 Å². The molecule has 1 aromatic carbocycles. The van der Waals surface area contributed by atoms with E-state index in [2.05, 4.69) is 4.98 Å². The number of pyridine rings is 1. The fourth-order valence-corrected chi connectivity index (χ4v) is 4.90. The average Bonchev–Trinajstić information content (AvgIpc) is 2.85. The second kappa shape index (κ2) is 12.0. The van der Waals surface area contributed by atoms with Crippen molar-refractivity contribution in [3.63, 3.8) is 0 Å². The van der Waals surface area contributed by atoms with Gasteiger partial charge in [0.2, 0.25) is 0 Å². The van der Waals surface area contributed by atoms with E-state index < -0.39 is 5.60 Å². The number of hydrogen-bond acceptors (Lipinski definition) is 6. The maximum atomic E-state index is 13.1. The second-order valence-electron chi connectivity index (χ2n) is 10.6. The topological polar surface area (TPSA) is 83.3 Å². The van der Waals surface area contributed by atoms with Crippen molar-refractivity contribution in [2.24, 2.45) is 11.8 Å². The van der Waals surface area contributed by atoms with Gasteiger partial charge in [-0.1, -0.05) is 41.9 Å². The molecule has 0 amide bonds. The molecule has 0 N–H and O–H groups in total. The second-order valence-corrected chi connectivity index (χ2v) is 11.0.